The monoisotopic (exact) mass is 352 g/mol. The first-order valence-electron chi connectivity index (χ1n) is 9.83. The number of likely N-dealkylation sites (tertiary alicyclic amines) is 1. The van der Waals surface area contributed by atoms with E-state index in [1.807, 2.05) is 0 Å². The third kappa shape index (κ3) is 5.07. The highest BCUT2D eigenvalue weighted by molar-refractivity contribution is 5.76. The van der Waals surface area contributed by atoms with E-state index in [1.165, 1.54) is 12.8 Å². The lowest BCUT2D eigenvalue weighted by Gasteiger charge is -2.37. The van der Waals surface area contributed by atoms with Crippen molar-refractivity contribution in [2.24, 2.45) is 11.8 Å². The van der Waals surface area contributed by atoms with Gasteiger partial charge in [-0.25, -0.2) is 4.79 Å². The number of piperidine rings is 2. The molecule has 3 heterocycles. The molecule has 3 saturated heterocycles. The summed E-state index contributed by atoms with van der Waals surface area (Å²) in [5.74, 6) is 0.554. The fourth-order valence-corrected chi connectivity index (χ4v) is 4.55. The Labute approximate surface area is 150 Å². The predicted octanol–water partition coefficient (Wildman–Crippen LogP) is 0.957. The molecule has 142 valence electrons. The summed E-state index contributed by atoms with van der Waals surface area (Å²) < 4.78 is 0. The van der Waals surface area contributed by atoms with E-state index in [0.717, 1.165) is 64.4 Å². The Kier molecular flexibility index (Phi) is 6.53. The minimum absolute atomic E-state index is 0.104. The molecule has 0 aromatic rings. The second-order valence-electron chi connectivity index (χ2n) is 7.75. The minimum atomic E-state index is -0.725. The lowest BCUT2D eigenvalue weighted by molar-refractivity contribution is -0.137. The van der Waals surface area contributed by atoms with Crippen LogP contribution in [0.3, 0.4) is 0 Å². The van der Waals surface area contributed by atoms with Gasteiger partial charge in [0, 0.05) is 19.6 Å². The van der Waals surface area contributed by atoms with Crippen molar-refractivity contribution in [3.63, 3.8) is 0 Å². The first kappa shape index (κ1) is 18.5. The molecule has 0 aromatic heterocycles. The topological polar surface area (TPSA) is 84.9 Å². The van der Waals surface area contributed by atoms with Crippen molar-refractivity contribution in [1.29, 1.82) is 0 Å². The van der Waals surface area contributed by atoms with Crippen molar-refractivity contribution in [1.82, 2.24) is 20.4 Å². The third-order valence-electron chi connectivity index (χ3n) is 6.18. The molecule has 2 amide bonds. The molecule has 0 aliphatic carbocycles. The number of aliphatic carboxylic acids is 1. The van der Waals surface area contributed by atoms with Gasteiger partial charge in [-0.1, -0.05) is 0 Å². The maximum atomic E-state index is 12.3. The summed E-state index contributed by atoms with van der Waals surface area (Å²) in [6, 6.07) is 0.420. The molecule has 3 N–H and O–H groups in total. The number of nitrogens with zero attached hydrogens (tertiary/aromatic N) is 2. The standard InChI is InChI=1S/C18H32N4O3/c23-17(24)6-11-21-9-4-15(5-10-21)16-13-20-18(25)22(16)12-3-14-1-7-19-8-2-14/h14-16,19H,1-13H2,(H,20,25)(H,23,24). The summed E-state index contributed by atoms with van der Waals surface area (Å²) in [7, 11) is 0. The van der Waals surface area contributed by atoms with Crippen molar-refractivity contribution in [2.75, 3.05) is 45.8 Å². The molecule has 0 radical (unpaired) electrons. The van der Waals surface area contributed by atoms with Crippen molar-refractivity contribution >= 4 is 12.0 Å². The average molecular weight is 352 g/mol. The van der Waals surface area contributed by atoms with Gasteiger partial charge in [-0.15, -0.1) is 0 Å². The molecule has 3 aliphatic heterocycles. The zero-order valence-electron chi connectivity index (χ0n) is 15.1. The second-order valence-corrected chi connectivity index (χ2v) is 7.75. The summed E-state index contributed by atoms with van der Waals surface area (Å²) >= 11 is 0. The van der Waals surface area contributed by atoms with Gasteiger partial charge in [0.05, 0.1) is 12.5 Å². The van der Waals surface area contributed by atoms with Crippen LogP contribution in [0.1, 0.15) is 38.5 Å². The predicted molar refractivity (Wildman–Crippen MR) is 95.5 cm³/mol. The number of carboxylic acids is 1. The fourth-order valence-electron chi connectivity index (χ4n) is 4.55. The highest BCUT2D eigenvalue weighted by Crippen LogP contribution is 2.28. The Hall–Kier alpha value is -1.34. The third-order valence-corrected chi connectivity index (χ3v) is 6.18. The van der Waals surface area contributed by atoms with Crippen molar-refractivity contribution in [2.45, 2.75) is 44.6 Å². The van der Waals surface area contributed by atoms with Crippen LogP contribution >= 0.6 is 0 Å². The van der Waals surface area contributed by atoms with E-state index in [4.69, 9.17) is 5.11 Å². The van der Waals surface area contributed by atoms with E-state index in [0.29, 0.717) is 18.5 Å². The van der Waals surface area contributed by atoms with Crippen molar-refractivity contribution < 1.29 is 14.7 Å². The van der Waals surface area contributed by atoms with Gasteiger partial charge in [-0.3, -0.25) is 4.79 Å². The van der Waals surface area contributed by atoms with E-state index in [1.54, 1.807) is 0 Å². The Morgan fingerprint density at radius 2 is 1.84 bits per heavy atom. The lowest BCUT2D eigenvalue weighted by Crippen LogP contribution is -2.45. The SMILES string of the molecule is O=C(O)CCN1CCC(C2CNC(=O)N2CCC2CCNCC2)CC1. The van der Waals surface area contributed by atoms with Crippen LogP contribution in [0.2, 0.25) is 0 Å². The number of carbonyl (C=O) groups excluding carboxylic acids is 1. The maximum Gasteiger partial charge on any atom is 0.317 e. The highest BCUT2D eigenvalue weighted by atomic mass is 16.4. The summed E-state index contributed by atoms with van der Waals surface area (Å²) in [5, 5.41) is 15.3. The molecule has 0 aromatic carbocycles. The zero-order valence-corrected chi connectivity index (χ0v) is 15.1. The van der Waals surface area contributed by atoms with E-state index < -0.39 is 5.97 Å². The summed E-state index contributed by atoms with van der Waals surface area (Å²) in [6.07, 6.45) is 5.90. The summed E-state index contributed by atoms with van der Waals surface area (Å²) in [4.78, 5) is 27.3. The van der Waals surface area contributed by atoms with Crippen LogP contribution in [-0.4, -0.2) is 78.8 Å². The average Bonchev–Trinajstić information content (AvgIpc) is 3.00. The zero-order chi connectivity index (χ0) is 17.6. The maximum absolute atomic E-state index is 12.3. The Bertz CT molecular complexity index is 459. The lowest BCUT2D eigenvalue weighted by atomic mass is 9.88. The molecule has 1 atom stereocenters. The van der Waals surface area contributed by atoms with Gasteiger partial charge in [0.2, 0.25) is 0 Å². The van der Waals surface area contributed by atoms with Crippen LogP contribution in [0.5, 0.6) is 0 Å². The number of urea groups is 1. The summed E-state index contributed by atoms with van der Waals surface area (Å²) in [6.45, 7) is 6.40. The van der Waals surface area contributed by atoms with Crippen molar-refractivity contribution in [3.8, 4) is 0 Å². The largest absolute Gasteiger partial charge is 0.481 e. The van der Waals surface area contributed by atoms with Crippen LogP contribution < -0.4 is 10.6 Å². The van der Waals surface area contributed by atoms with Crippen LogP contribution in [0.25, 0.3) is 0 Å². The molecule has 1 unspecified atom stereocenters. The molecule has 3 fully saturated rings. The Morgan fingerprint density at radius 3 is 2.52 bits per heavy atom. The molecular weight excluding hydrogens is 320 g/mol. The van der Waals surface area contributed by atoms with E-state index in [2.05, 4.69) is 20.4 Å². The van der Waals surface area contributed by atoms with E-state index in [-0.39, 0.29) is 12.5 Å². The number of hydrogen-bond acceptors (Lipinski definition) is 4. The van der Waals surface area contributed by atoms with Gasteiger partial charge in [0.1, 0.15) is 0 Å². The Morgan fingerprint density at radius 1 is 1.12 bits per heavy atom. The fraction of sp³-hybridized carbons (Fsp3) is 0.889. The van der Waals surface area contributed by atoms with Gasteiger partial charge < -0.3 is 25.5 Å². The van der Waals surface area contributed by atoms with Crippen LogP contribution in [-0.2, 0) is 4.79 Å². The molecule has 7 heteroatoms. The molecule has 3 aliphatic rings. The Balaban J connectivity index is 1.45. The molecule has 3 rings (SSSR count). The minimum Gasteiger partial charge on any atom is -0.481 e. The normalized spacial score (nSPS) is 26.8. The second kappa shape index (κ2) is 8.85. The van der Waals surface area contributed by atoms with Gasteiger partial charge in [-0.05, 0) is 70.1 Å². The first-order chi connectivity index (χ1) is 12.1. The van der Waals surface area contributed by atoms with Crippen LogP contribution in [0.4, 0.5) is 4.79 Å². The molecule has 7 nitrogen and oxygen atoms in total. The number of carbonyl (C=O) groups is 2. The summed E-state index contributed by atoms with van der Waals surface area (Å²) in [5.41, 5.74) is 0. The van der Waals surface area contributed by atoms with Gasteiger partial charge in [-0.2, -0.15) is 0 Å². The molecule has 25 heavy (non-hydrogen) atoms. The van der Waals surface area contributed by atoms with Crippen molar-refractivity contribution in [3.05, 3.63) is 0 Å². The van der Waals surface area contributed by atoms with E-state index in [9.17, 15) is 9.59 Å². The molecule has 0 saturated carbocycles. The van der Waals surface area contributed by atoms with Crippen LogP contribution in [0, 0.1) is 11.8 Å². The number of hydrogen-bond donors (Lipinski definition) is 3. The quantitative estimate of drug-likeness (QED) is 0.635. The molecule has 0 spiro atoms. The molecule has 0 bridgehead atoms. The number of rotatable bonds is 7. The number of nitrogens with one attached hydrogen (secondary N) is 2. The number of amides is 2. The van der Waals surface area contributed by atoms with Crippen LogP contribution in [0.15, 0.2) is 0 Å². The smallest absolute Gasteiger partial charge is 0.317 e. The first-order valence-corrected chi connectivity index (χ1v) is 9.83. The number of carboxylic acid groups (broad SMARTS) is 1. The van der Waals surface area contributed by atoms with Gasteiger partial charge >= 0.3 is 12.0 Å². The van der Waals surface area contributed by atoms with Gasteiger partial charge in [0.15, 0.2) is 0 Å². The van der Waals surface area contributed by atoms with Gasteiger partial charge in [0.25, 0.3) is 0 Å². The van der Waals surface area contributed by atoms with E-state index >= 15 is 0 Å². The molecular formula is C18H32N4O3. The highest BCUT2D eigenvalue weighted by Gasteiger charge is 2.37.